The highest BCUT2D eigenvalue weighted by Gasteiger charge is 2.06. The summed E-state index contributed by atoms with van der Waals surface area (Å²) in [6, 6.07) is 5.78. The fourth-order valence-corrected chi connectivity index (χ4v) is 1.32. The molecule has 0 spiro atoms. The van der Waals surface area contributed by atoms with Gasteiger partial charge in [0.2, 0.25) is 5.88 Å². The van der Waals surface area contributed by atoms with Crippen molar-refractivity contribution in [1.82, 2.24) is 9.55 Å². The third kappa shape index (κ3) is 1.72. The van der Waals surface area contributed by atoms with E-state index in [1.165, 1.54) is 12.1 Å². The fraction of sp³-hybridized carbons (Fsp3) is 0. The maximum atomic E-state index is 12.7. The molecule has 0 aliphatic heterocycles. The van der Waals surface area contributed by atoms with Crippen LogP contribution < -0.4 is 11.2 Å². The van der Waals surface area contributed by atoms with E-state index in [9.17, 15) is 19.1 Å². The summed E-state index contributed by atoms with van der Waals surface area (Å²) in [5.74, 6) is -0.957. The molecule has 2 aromatic rings. The zero-order valence-electron chi connectivity index (χ0n) is 7.98. The van der Waals surface area contributed by atoms with Crippen molar-refractivity contribution in [3.8, 4) is 11.6 Å². The molecule has 0 radical (unpaired) electrons. The normalized spacial score (nSPS) is 10.3. The molecule has 1 aromatic heterocycles. The van der Waals surface area contributed by atoms with Crippen LogP contribution in [0.15, 0.2) is 39.9 Å². The Kier molecular flexibility index (Phi) is 2.32. The van der Waals surface area contributed by atoms with Gasteiger partial charge in [-0.3, -0.25) is 9.78 Å². The van der Waals surface area contributed by atoms with Gasteiger partial charge in [0.1, 0.15) is 5.82 Å². The summed E-state index contributed by atoms with van der Waals surface area (Å²) in [7, 11) is 0. The molecule has 16 heavy (non-hydrogen) atoms. The summed E-state index contributed by atoms with van der Waals surface area (Å²) in [5.41, 5.74) is -1.21. The lowest BCUT2D eigenvalue weighted by molar-refractivity contribution is 0.431. The van der Waals surface area contributed by atoms with Crippen LogP contribution in [0.2, 0.25) is 0 Å². The molecule has 82 valence electrons. The molecule has 0 fully saturated rings. The zero-order chi connectivity index (χ0) is 11.7. The van der Waals surface area contributed by atoms with Crippen molar-refractivity contribution >= 4 is 0 Å². The average Bonchev–Trinajstić information content (AvgIpc) is 2.19. The highest BCUT2D eigenvalue weighted by molar-refractivity contribution is 5.35. The monoisotopic (exact) mass is 222 g/mol. The molecule has 0 amide bonds. The zero-order valence-corrected chi connectivity index (χ0v) is 7.98. The van der Waals surface area contributed by atoms with E-state index < -0.39 is 22.9 Å². The van der Waals surface area contributed by atoms with Gasteiger partial charge < -0.3 is 5.11 Å². The second-order valence-electron chi connectivity index (χ2n) is 3.11. The van der Waals surface area contributed by atoms with Gasteiger partial charge in [0.15, 0.2) is 0 Å². The van der Waals surface area contributed by atoms with Crippen LogP contribution in [-0.4, -0.2) is 14.7 Å². The molecule has 2 N–H and O–H groups in total. The summed E-state index contributed by atoms with van der Waals surface area (Å²) < 4.78 is 13.5. The van der Waals surface area contributed by atoms with Gasteiger partial charge in [0, 0.05) is 0 Å². The lowest BCUT2D eigenvalue weighted by atomic mass is 10.3. The summed E-state index contributed by atoms with van der Waals surface area (Å²) in [6.45, 7) is 0. The topological polar surface area (TPSA) is 75.1 Å². The van der Waals surface area contributed by atoms with E-state index in [0.717, 1.165) is 22.8 Å². The molecule has 0 unspecified atom stereocenters. The Morgan fingerprint density at radius 3 is 2.38 bits per heavy atom. The number of hydrogen-bond acceptors (Lipinski definition) is 3. The summed E-state index contributed by atoms with van der Waals surface area (Å²) in [4.78, 5) is 24.3. The summed E-state index contributed by atoms with van der Waals surface area (Å²) in [6.07, 6.45) is 0. The number of aromatic nitrogens is 2. The molecule has 0 saturated carbocycles. The number of nitrogens with one attached hydrogen (secondary N) is 1. The van der Waals surface area contributed by atoms with Crippen molar-refractivity contribution in [3.05, 3.63) is 57.0 Å². The Balaban J connectivity index is 2.69. The van der Waals surface area contributed by atoms with Gasteiger partial charge in [-0.15, -0.1) is 0 Å². The van der Waals surface area contributed by atoms with Crippen LogP contribution >= 0.6 is 0 Å². The van der Waals surface area contributed by atoms with Crippen LogP contribution in [0.1, 0.15) is 0 Å². The van der Waals surface area contributed by atoms with Crippen molar-refractivity contribution in [2.24, 2.45) is 0 Å². The van der Waals surface area contributed by atoms with E-state index in [0.29, 0.717) is 0 Å². The van der Waals surface area contributed by atoms with Gasteiger partial charge in [0.25, 0.3) is 5.56 Å². The first-order valence-corrected chi connectivity index (χ1v) is 4.39. The average molecular weight is 222 g/mol. The Morgan fingerprint density at radius 2 is 1.81 bits per heavy atom. The number of nitrogens with zero attached hydrogens (tertiary/aromatic N) is 1. The van der Waals surface area contributed by atoms with Crippen LogP contribution in [0.3, 0.4) is 0 Å². The van der Waals surface area contributed by atoms with Crippen molar-refractivity contribution in [3.63, 3.8) is 0 Å². The first-order chi connectivity index (χ1) is 7.58. The van der Waals surface area contributed by atoms with Crippen LogP contribution in [0.5, 0.6) is 5.88 Å². The molecule has 0 aliphatic carbocycles. The van der Waals surface area contributed by atoms with Gasteiger partial charge in [-0.2, -0.15) is 0 Å². The molecule has 0 aliphatic rings. The van der Waals surface area contributed by atoms with Gasteiger partial charge >= 0.3 is 5.69 Å². The van der Waals surface area contributed by atoms with Crippen molar-refractivity contribution in [2.75, 3.05) is 0 Å². The maximum Gasteiger partial charge on any atom is 0.335 e. The number of halogens is 1. The Morgan fingerprint density at radius 1 is 1.19 bits per heavy atom. The molecule has 1 heterocycles. The van der Waals surface area contributed by atoms with Crippen molar-refractivity contribution < 1.29 is 9.50 Å². The predicted octanol–water partition coefficient (Wildman–Crippen LogP) is 0.370. The van der Waals surface area contributed by atoms with Crippen molar-refractivity contribution in [1.29, 1.82) is 0 Å². The lowest BCUT2D eigenvalue weighted by Crippen LogP contribution is -2.27. The minimum Gasteiger partial charge on any atom is -0.494 e. The molecule has 5 nitrogen and oxygen atoms in total. The second kappa shape index (κ2) is 3.65. The molecular weight excluding hydrogens is 215 g/mol. The Bertz CT molecular complexity index is 628. The van der Waals surface area contributed by atoms with E-state index in [2.05, 4.69) is 0 Å². The van der Waals surface area contributed by atoms with Gasteiger partial charge in [-0.25, -0.2) is 13.8 Å². The molecular formula is C10H7FN2O3. The van der Waals surface area contributed by atoms with E-state index in [4.69, 9.17) is 0 Å². The van der Waals surface area contributed by atoms with Crippen LogP contribution in [-0.2, 0) is 0 Å². The number of rotatable bonds is 1. The van der Waals surface area contributed by atoms with Crippen LogP contribution in [0.4, 0.5) is 4.39 Å². The SMILES string of the molecule is O=c1cc(O)n(-c2ccc(F)cc2)c(=O)[nH]1. The number of aromatic amines is 1. The maximum absolute atomic E-state index is 12.7. The van der Waals surface area contributed by atoms with Crippen LogP contribution in [0.25, 0.3) is 5.69 Å². The molecule has 1 aromatic carbocycles. The fourth-order valence-electron chi connectivity index (χ4n) is 1.32. The van der Waals surface area contributed by atoms with E-state index in [-0.39, 0.29) is 5.69 Å². The highest BCUT2D eigenvalue weighted by Crippen LogP contribution is 2.11. The second-order valence-corrected chi connectivity index (χ2v) is 3.11. The van der Waals surface area contributed by atoms with Gasteiger partial charge in [-0.05, 0) is 24.3 Å². The lowest BCUT2D eigenvalue weighted by Gasteiger charge is -2.06. The third-order valence-electron chi connectivity index (χ3n) is 2.01. The van der Waals surface area contributed by atoms with Crippen LogP contribution in [0, 0.1) is 5.82 Å². The predicted molar refractivity (Wildman–Crippen MR) is 54.3 cm³/mol. The Hall–Kier alpha value is -2.37. The third-order valence-corrected chi connectivity index (χ3v) is 2.01. The molecule has 0 saturated heterocycles. The Labute approximate surface area is 88.4 Å². The number of benzene rings is 1. The number of H-pyrrole nitrogens is 1. The number of hydrogen-bond donors (Lipinski definition) is 2. The minimum absolute atomic E-state index is 0.264. The van der Waals surface area contributed by atoms with Gasteiger partial charge in [-0.1, -0.05) is 0 Å². The summed E-state index contributed by atoms with van der Waals surface area (Å²) in [5, 5.41) is 9.44. The van der Waals surface area contributed by atoms with E-state index >= 15 is 0 Å². The van der Waals surface area contributed by atoms with E-state index in [1.807, 2.05) is 4.98 Å². The largest absolute Gasteiger partial charge is 0.494 e. The molecule has 0 atom stereocenters. The first kappa shape index (κ1) is 10.2. The minimum atomic E-state index is -0.781. The quantitative estimate of drug-likeness (QED) is 0.732. The van der Waals surface area contributed by atoms with E-state index in [1.54, 1.807) is 0 Å². The molecule has 6 heteroatoms. The molecule has 0 bridgehead atoms. The molecule has 2 rings (SSSR count). The smallest absolute Gasteiger partial charge is 0.335 e. The summed E-state index contributed by atoms with van der Waals surface area (Å²) >= 11 is 0. The van der Waals surface area contributed by atoms with Crippen molar-refractivity contribution in [2.45, 2.75) is 0 Å². The van der Waals surface area contributed by atoms with Gasteiger partial charge in [0.05, 0.1) is 11.8 Å². The first-order valence-electron chi connectivity index (χ1n) is 4.39. The standard InChI is InChI=1S/C10H7FN2O3/c11-6-1-3-7(4-2-6)13-9(15)5-8(14)12-10(13)16/h1-5,15H,(H,12,14,16). The number of aromatic hydroxyl groups is 1. The highest BCUT2D eigenvalue weighted by atomic mass is 19.1.